The molecule has 0 saturated carbocycles. The molecule has 25 heavy (non-hydrogen) atoms. The molecule has 1 aromatic heterocycles. The van der Waals surface area contributed by atoms with Gasteiger partial charge in [-0.15, -0.1) is 0 Å². The van der Waals surface area contributed by atoms with Crippen molar-refractivity contribution in [2.24, 2.45) is 0 Å². The minimum Gasteiger partial charge on any atom is -0.492 e. The Hall–Kier alpha value is -3.33. The van der Waals surface area contributed by atoms with Gasteiger partial charge in [-0.25, -0.2) is 0 Å². The van der Waals surface area contributed by atoms with Crippen molar-refractivity contribution in [3.05, 3.63) is 42.0 Å². The molecular formula is C19H18N4O2. The predicted octanol–water partition coefficient (Wildman–Crippen LogP) is 3.85. The molecule has 2 N–H and O–H groups in total. The molecule has 0 aliphatic heterocycles. The first-order valence-electron chi connectivity index (χ1n) is 8.05. The van der Waals surface area contributed by atoms with Gasteiger partial charge in [-0.05, 0) is 30.7 Å². The number of nitrogens with zero attached hydrogens (tertiary/aromatic N) is 2. The maximum Gasteiger partial charge on any atom is 0.221 e. The van der Waals surface area contributed by atoms with Crippen molar-refractivity contribution in [3.8, 4) is 23.1 Å². The van der Waals surface area contributed by atoms with Crippen LogP contribution in [0.2, 0.25) is 0 Å². The highest BCUT2D eigenvalue weighted by atomic mass is 16.5. The summed E-state index contributed by atoms with van der Waals surface area (Å²) in [6.45, 7) is 4.03. The number of ether oxygens (including phenoxy) is 1. The summed E-state index contributed by atoms with van der Waals surface area (Å²) in [5.41, 5.74) is 3.55. The highest BCUT2D eigenvalue weighted by Crippen LogP contribution is 2.32. The van der Waals surface area contributed by atoms with Crippen molar-refractivity contribution in [2.75, 3.05) is 11.9 Å². The molecule has 0 atom stereocenters. The second kappa shape index (κ2) is 7.05. The van der Waals surface area contributed by atoms with E-state index in [4.69, 9.17) is 4.74 Å². The van der Waals surface area contributed by atoms with E-state index in [1.54, 1.807) is 6.07 Å². The molecule has 6 nitrogen and oxygen atoms in total. The highest BCUT2D eigenvalue weighted by Gasteiger charge is 2.13. The molecule has 0 radical (unpaired) electrons. The second-order valence-corrected chi connectivity index (χ2v) is 5.69. The zero-order valence-electron chi connectivity index (χ0n) is 14.1. The Kier molecular flexibility index (Phi) is 4.66. The number of aromatic amines is 1. The van der Waals surface area contributed by atoms with Crippen LogP contribution in [0.5, 0.6) is 5.75 Å². The van der Waals surface area contributed by atoms with Crippen LogP contribution in [0.3, 0.4) is 0 Å². The van der Waals surface area contributed by atoms with E-state index in [-0.39, 0.29) is 5.91 Å². The number of benzene rings is 2. The molecule has 3 aromatic rings. The van der Waals surface area contributed by atoms with Crippen molar-refractivity contribution >= 4 is 22.5 Å². The van der Waals surface area contributed by atoms with Crippen molar-refractivity contribution in [2.45, 2.75) is 20.3 Å². The van der Waals surface area contributed by atoms with E-state index in [1.807, 2.05) is 37.3 Å². The zero-order chi connectivity index (χ0) is 17.8. The highest BCUT2D eigenvalue weighted by molar-refractivity contribution is 5.96. The lowest BCUT2D eigenvalue weighted by Gasteiger charge is -2.08. The number of carbonyl (C=O) groups excluding carboxylic acids is 1. The molecule has 2 aromatic carbocycles. The molecule has 0 aliphatic carbocycles. The smallest absolute Gasteiger partial charge is 0.221 e. The standard InChI is InChI=1S/C19H18N4O2/c1-3-7-25-18-10-16-17(9-14(18)11-20)22-23-19(16)13-5-4-6-15(8-13)21-12(2)24/h4-6,8-10H,3,7H2,1-2H3,(H,21,24)(H,22,23). The molecule has 6 heteroatoms. The van der Waals surface area contributed by atoms with Crippen molar-refractivity contribution in [1.29, 1.82) is 5.26 Å². The first-order valence-corrected chi connectivity index (χ1v) is 8.05. The number of rotatable bonds is 5. The van der Waals surface area contributed by atoms with Gasteiger partial charge in [-0.3, -0.25) is 9.89 Å². The van der Waals surface area contributed by atoms with Gasteiger partial charge < -0.3 is 10.1 Å². The largest absolute Gasteiger partial charge is 0.492 e. The molecule has 0 unspecified atom stereocenters. The molecule has 1 heterocycles. The predicted molar refractivity (Wildman–Crippen MR) is 96.3 cm³/mol. The minimum atomic E-state index is -0.127. The number of hydrogen-bond acceptors (Lipinski definition) is 4. The monoisotopic (exact) mass is 334 g/mol. The fraction of sp³-hybridized carbons (Fsp3) is 0.211. The number of H-pyrrole nitrogens is 1. The Bertz CT molecular complexity index is 969. The Morgan fingerprint density at radius 1 is 1.36 bits per heavy atom. The topological polar surface area (TPSA) is 90.8 Å². The lowest BCUT2D eigenvalue weighted by Crippen LogP contribution is -2.05. The summed E-state index contributed by atoms with van der Waals surface area (Å²) >= 11 is 0. The Morgan fingerprint density at radius 2 is 2.20 bits per heavy atom. The fourth-order valence-electron chi connectivity index (χ4n) is 2.63. The first-order chi connectivity index (χ1) is 12.1. The molecular weight excluding hydrogens is 316 g/mol. The van der Waals surface area contributed by atoms with Gasteiger partial charge in [-0.2, -0.15) is 10.4 Å². The zero-order valence-corrected chi connectivity index (χ0v) is 14.1. The average Bonchev–Trinajstić information content (AvgIpc) is 3.01. The van der Waals surface area contributed by atoms with Crippen molar-refractivity contribution in [1.82, 2.24) is 10.2 Å². The van der Waals surface area contributed by atoms with Gasteiger partial charge in [0.15, 0.2) is 0 Å². The van der Waals surface area contributed by atoms with Crippen LogP contribution < -0.4 is 10.1 Å². The van der Waals surface area contributed by atoms with E-state index in [0.717, 1.165) is 28.6 Å². The number of aromatic nitrogens is 2. The summed E-state index contributed by atoms with van der Waals surface area (Å²) in [5.74, 6) is 0.426. The van der Waals surface area contributed by atoms with Crippen LogP contribution in [0, 0.1) is 11.3 Å². The summed E-state index contributed by atoms with van der Waals surface area (Å²) < 4.78 is 5.70. The van der Waals surface area contributed by atoms with Crippen LogP contribution >= 0.6 is 0 Å². The van der Waals surface area contributed by atoms with Gasteiger partial charge in [0.2, 0.25) is 5.91 Å². The van der Waals surface area contributed by atoms with Gasteiger partial charge in [0, 0.05) is 23.6 Å². The van der Waals surface area contributed by atoms with Gasteiger partial charge in [0.05, 0.1) is 17.7 Å². The maximum atomic E-state index is 11.3. The second-order valence-electron chi connectivity index (χ2n) is 5.69. The van der Waals surface area contributed by atoms with Crippen LogP contribution in [-0.4, -0.2) is 22.7 Å². The molecule has 1 amide bonds. The van der Waals surface area contributed by atoms with E-state index in [2.05, 4.69) is 21.6 Å². The third-order valence-electron chi connectivity index (χ3n) is 3.70. The molecule has 3 rings (SSSR count). The Morgan fingerprint density at radius 3 is 2.92 bits per heavy atom. The number of amides is 1. The lowest BCUT2D eigenvalue weighted by atomic mass is 10.0. The molecule has 126 valence electrons. The summed E-state index contributed by atoms with van der Waals surface area (Å²) in [6.07, 6.45) is 0.861. The number of carbonyl (C=O) groups is 1. The summed E-state index contributed by atoms with van der Waals surface area (Å²) in [4.78, 5) is 11.3. The fourth-order valence-corrected chi connectivity index (χ4v) is 2.63. The van der Waals surface area contributed by atoms with E-state index in [9.17, 15) is 10.1 Å². The quantitative estimate of drug-likeness (QED) is 0.741. The first kappa shape index (κ1) is 16.5. The SMILES string of the molecule is CCCOc1cc2c(-c3cccc(NC(C)=O)c3)n[nH]c2cc1C#N. The third kappa shape index (κ3) is 3.45. The van der Waals surface area contributed by atoms with Gasteiger partial charge in [0.1, 0.15) is 17.5 Å². The number of nitrogens with one attached hydrogen (secondary N) is 2. The van der Waals surface area contributed by atoms with E-state index < -0.39 is 0 Å². The number of hydrogen-bond donors (Lipinski definition) is 2. The van der Waals surface area contributed by atoms with E-state index >= 15 is 0 Å². The summed E-state index contributed by atoms with van der Waals surface area (Å²) in [7, 11) is 0. The van der Waals surface area contributed by atoms with Gasteiger partial charge >= 0.3 is 0 Å². The summed E-state index contributed by atoms with van der Waals surface area (Å²) in [5, 5.41) is 20.3. The van der Waals surface area contributed by atoms with Gasteiger partial charge in [0.25, 0.3) is 0 Å². The van der Waals surface area contributed by atoms with E-state index in [0.29, 0.717) is 23.6 Å². The summed E-state index contributed by atoms with van der Waals surface area (Å²) in [6, 6.07) is 13.2. The maximum absolute atomic E-state index is 11.3. The average molecular weight is 334 g/mol. The van der Waals surface area contributed by atoms with Crippen LogP contribution in [0.4, 0.5) is 5.69 Å². The Labute approximate surface area is 145 Å². The van der Waals surface area contributed by atoms with Crippen molar-refractivity contribution < 1.29 is 9.53 Å². The van der Waals surface area contributed by atoms with Crippen LogP contribution in [0.1, 0.15) is 25.8 Å². The van der Waals surface area contributed by atoms with Crippen LogP contribution in [0.15, 0.2) is 36.4 Å². The van der Waals surface area contributed by atoms with E-state index in [1.165, 1.54) is 6.92 Å². The molecule has 0 spiro atoms. The molecule has 0 fully saturated rings. The number of fused-ring (bicyclic) bond motifs is 1. The van der Waals surface area contributed by atoms with Gasteiger partial charge in [-0.1, -0.05) is 19.1 Å². The Balaban J connectivity index is 2.08. The number of anilines is 1. The normalized spacial score (nSPS) is 10.4. The minimum absolute atomic E-state index is 0.127. The number of nitriles is 1. The van der Waals surface area contributed by atoms with Crippen LogP contribution in [-0.2, 0) is 4.79 Å². The molecule has 0 aliphatic rings. The molecule has 0 bridgehead atoms. The van der Waals surface area contributed by atoms with Crippen molar-refractivity contribution in [3.63, 3.8) is 0 Å². The third-order valence-corrected chi connectivity index (χ3v) is 3.70. The lowest BCUT2D eigenvalue weighted by molar-refractivity contribution is -0.114. The van der Waals surface area contributed by atoms with Crippen LogP contribution in [0.25, 0.3) is 22.2 Å². The molecule has 0 saturated heterocycles.